The number of nitrogens with zero attached hydrogens (tertiary/aromatic N) is 1. The first-order chi connectivity index (χ1) is 5.81. The van der Waals surface area contributed by atoms with Crippen molar-refractivity contribution in [2.45, 2.75) is 6.10 Å². The zero-order valence-electron chi connectivity index (χ0n) is 6.55. The van der Waals surface area contributed by atoms with Gasteiger partial charge in [0.05, 0.1) is 13.2 Å². The van der Waals surface area contributed by atoms with Gasteiger partial charge in [-0.25, -0.2) is 9.83 Å². The van der Waals surface area contributed by atoms with Crippen molar-refractivity contribution in [3.8, 4) is 6.57 Å². The average Bonchev–Trinajstić information content (AvgIpc) is 2.04. The largest absolute Gasteiger partial charge is 0.466 e. The minimum Gasteiger partial charge on any atom is -0.394 e. The summed E-state index contributed by atoms with van der Waals surface area (Å²) >= 11 is 0. The quantitative estimate of drug-likeness (QED) is 0.277. The minimum absolute atomic E-state index is 0.365. The zero-order valence-corrected chi connectivity index (χ0v) is 7.45. The molecule has 0 saturated carbocycles. The van der Waals surface area contributed by atoms with Gasteiger partial charge in [-0.15, -0.1) is 0 Å². The van der Waals surface area contributed by atoms with E-state index >= 15 is 0 Å². The van der Waals surface area contributed by atoms with E-state index in [1.165, 1.54) is 0 Å². The highest BCUT2D eigenvalue weighted by Crippen LogP contribution is 2.25. The Labute approximate surface area is 74.6 Å². The summed E-state index contributed by atoms with van der Waals surface area (Å²) in [5, 5.41) is 30.5. The maximum Gasteiger partial charge on any atom is 0.466 e. The Balaban J connectivity index is -0.000000131. The van der Waals surface area contributed by atoms with Crippen molar-refractivity contribution in [2.24, 2.45) is 0 Å². The third-order valence-electron chi connectivity index (χ3n) is 0.421. The van der Waals surface area contributed by atoms with Crippen LogP contribution >= 0.6 is 7.82 Å². The summed E-state index contributed by atoms with van der Waals surface area (Å²) < 4.78 is 8.88. The molecule has 8 nitrogen and oxygen atoms in total. The lowest BCUT2D eigenvalue weighted by molar-refractivity contribution is 0.0450. The van der Waals surface area contributed by atoms with Crippen LogP contribution in [0.25, 0.3) is 0 Å². The molecule has 0 aromatic rings. The maximum absolute atomic E-state index is 8.88. The molecule has 0 heterocycles. The van der Waals surface area contributed by atoms with E-state index in [2.05, 4.69) is 6.57 Å². The number of hydrogen-bond donors (Lipinski definition) is 6. The summed E-state index contributed by atoms with van der Waals surface area (Å²) in [6, 6.07) is 0. The van der Waals surface area contributed by atoms with Crippen LogP contribution in [0.5, 0.6) is 0 Å². The molecule has 0 aliphatic rings. The molecule has 0 spiro atoms. The van der Waals surface area contributed by atoms with Crippen LogP contribution in [-0.2, 0) is 4.57 Å². The summed E-state index contributed by atoms with van der Waals surface area (Å²) in [4.78, 5) is 21.6. The van der Waals surface area contributed by atoms with Gasteiger partial charge in [0, 0.05) is 6.57 Å². The van der Waals surface area contributed by atoms with Crippen molar-refractivity contribution >= 4 is 7.82 Å². The first-order valence-corrected chi connectivity index (χ1v) is 4.31. The Kier molecular flexibility index (Phi) is 16.2. The monoisotopic (exact) mass is 217 g/mol. The van der Waals surface area contributed by atoms with Crippen molar-refractivity contribution in [1.82, 2.24) is 0 Å². The Morgan fingerprint density at radius 1 is 1.15 bits per heavy atom. The van der Waals surface area contributed by atoms with E-state index < -0.39 is 13.9 Å². The first kappa shape index (κ1) is 18.3. The van der Waals surface area contributed by atoms with Gasteiger partial charge in [-0.05, 0) is 0 Å². The van der Waals surface area contributed by atoms with Crippen molar-refractivity contribution in [3.63, 3.8) is 0 Å². The highest BCUT2D eigenvalue weighted by molar-refractivity contribution is 7.45. The number of aliphatic hydroxyl groups excluding tert-OH is 3. The van der Waals surface area contributed by atoms with Gasteiger partial charge >= 0.3 is 7.82 Å². The second-order valence-corrected chi connectivity index (χ2v) is 2.56. The molecule has 0 aliphatic carbocycles. The predicted molar refractivity (Wildman–Crippen MR) is 41.1 cm³/mol. The van der Waals surface area contributed by atoms with Gasteiger partial charge in [0.1, 0.15) is 6.10 Å². The molecule has 0 bridgehead atoms. The van der Waals surface area contributed by atoms with Gasteiger partial charge in [-0.3, -0.25) is 0 Å². The van der Waals surface area contributed by atoms with Gasteiger partial charge in [-0.2, -0.15) is 0 Å². The lowest BCUT2D eigenvalue weighted by Gasteiger charge is -1.96. The molecule has 0 atom stereocenters. The van der Waals surface area contributed by atoms with E-state index in [0.29, 0.717) is 0 Å². The van der Waals surface area contributed by atoms with Crippen LogP contribution in [0.3, 0.4) is 0 Å². The average molecular weight is 217 g/mol. The molecular weight excluding hydrogens is 205 g/mol. The molecule has 0 aromatic carbocycles. The van der Waals surface area contributed by atoms with E-state index in [0.717, 1.165) is 0 Å². The minimum atomic E-state index is -4.64. The Morgan fingerprint density at radius 2 is 1.31 bits per heavy atom. The standard InChI is InChI=1S/C3H8O3.CHN.H3O4P/c4-1-3(6)2-5;1-2;1-5(2,3)4/h3-6H,1-2H2;1H;(H3,1,2,3,4). The molecule has 0 fully saturated rings. The van der Waals surface area contributed by atoms with Crippen LogP contribution in [0.1, 0.15) is 0 Å². The van der Waals surface area contributed by atoms with Crippen molar-refractivity contribution in [1.29, 1.82) is 5.26 Å². The fourth-order valence-electron chi connectivity index (χ4n) is 0.0577. The Hall–Kier alpha value is -0.520. The van der Waals surface area contributed by atoms with Gasteiger partial charge < -0.3 is 30.0 Å². The number of rotatable bonds is 2. The highest BCUT2D eigenvalue weighted by Gasteiger charge is 2.00. The van der Waals surface area contributed by atoms with Crippen LogP contribution in [0.15, 0.2) is 0 Å². The third kappa shape index (κ3) is 85.2. The smallest absolute Gasteiger partial charge is 0.394 e. The normalized spacial score (nSPS) is 9.31. The Morgan fingerprint density at radius 3 is 1.31 bits per heavy atom. The maximum atomic E-state index is 8.88. The lowest BCUT2D eigenvalue weighted by atomic mass is 10.4. The molecule has 9 heteroatoms. The second-order valence-electron chi connectivity index (χ2n) is 1.53. The van der Waals surface area contributed by atoms with E-state index in [4.69, 9.17) is 39.8 Å². The van der Waals surface area contributed by atoms with E-state index in [1.807, 2.05) is 0 Å². The summed E-state index contributed by atoms with van der Waals surface area (Å²) in [6.07, 6.45) is -0.954. The van der Waals surface area contributed by atoms with Crippen molar-refractivity contribution < 1.29 is 34.6 Å². The van der Waals surface area contributed by atoms with Crippen LogP contribution in [0, 0.1) is 11.8 Å². The zero-order chi connectivity index (χ0) is 11.5. The van der Waals surface area contributed by atoms with E-state index in [9.17, 15) is 0 Å². The van der Waals surface area contributed by atoms with Crippen LogP contribution in [0.4, 0.5) is 0 Å². The SMILES string of the molecule is C#N.O=P(O)(O)O.OCC(O)CO. The van der Waals surface area contributed by atoms with Gasteiger partial charge in [0.25, 0.3) is 0 Å². The summed E-state index contributed by atoms with van der Waals surface area (Å²) in [5.74, 6) is 0. The third-order valence-corrected chi connectivity index (χ3v) is 0.421. The summed E-state index contributed by atoms with van der Waals surface area (Å²) in [7, 11) is -4.64. The summed E-state index contributed by atoms with van der Waals surface area (Å²) in [5.41, 5.74) is 0. The Bertz CT molecular complexity index is 142. The molecule has 13 heavy (non-hydrogen) atoms. The van der Waals surface area contributed by atoms with Crippen molar-refractivity contribution in [2.75, 3.05) is 13.2 Å². The predicted octanol–water partition coefficient (Wildman–Crippen LogP) is -2.46. The van der Waals surface area contributed by atoms with Crippen LogP contribution in [-0.4, -0.2) is 49.3 Å². The molecule has 0 radical (unpaired) electrons. The fourth-order valence-corrected chi connectivity index (χ4v) is 0.0577. The molecule has 0 unspecified atom stereocenters. The molecule has 80 valence electrons. The van der Waals surface area contributed by atoms with Gasteiger partial charge in [0.15, 0.2) is 0 Å². The topological polar surface area (TPSA) is 162 Å². The van der Waals surface area contributed by atoms with Crippen LogP contribution in [0.2, 0.25) is 0 Å². The number of phosphoric acid groups is 1. The number of nitriles is 1. The first-order valence-electron chi connectivity index (χ1n) is 2.75. The molecule has 0 aliphatic heterocycles. The molecule has 0 amide bonds. The molecule has 0 saturated heterocycles. The lowest BCUT2D eigenvalue weighted by Crippen LogP contribution is -2.15. The second kappa shape index (κ2) is 11.5. The number of hydrogen-bond acceptors (Lipinski definition) is 5. The molecule has 6 N–H and O–H groups in total. The van der Waals surface area contributed by atoms with Crippen molar-refractivity contribution in [3.05, 3.63) is 0 Å². The van der Waals surface area contributed by atoms with Gasteiger partial charge in [-0.1, -0.05) is 0 Å². The molecule has 0 aromatic heterocycles. The van der Waals surface area contributed by atoms with E-state index in [-0.39, 0.29) is 13.2 Å². The summed E-state index contributed by atoms with van der Waals surface area (Å²) in [6.45, 7) is 2.77. The van der Waals surface area contributed by atoms with Gasteiger partial charge in [0.2, 0.25) is 0 Å². The van der Waals surface area contributed by atoms with E-state index in [1.54, 1.807) is 0 Å². The molecular formula is C4H12NO7P. The fraction of sp³-hybridized carbons (Fsp3) is 0.750. The van der Waals surface area contributed by atoms with Crippen LogP contribution < -0.4 is 0 Å². The molecule has 0 rings (SSSR count). The number of aliphatic hydroxyl groups is 3. The highest BCUT2D eigenvalue weighted by atomic mass is 31.2.